The van der Waals surface area contributed by atoms with E-state index in [0.717, 1.165) is 11.3 Å². The van der Waals surface area contributed by atoms with Crippen molar-refractivity contribution in [2.45, 2.75) is 76.9 Å². The monoisotopic (exact) mass is 426 g/mol. The van der Waals surface area contributed by atoms with Gasteiger partial charge < -0.3 is 20.9 Å². The Hall–Kier alpha value is -2.57. The van der Waals surface area contributed by atoms with Crippen LogP contribution in [0.3, 0.4) is 0 Å². The molecule has 7 nitrogen and oxygen atoms in total. The Morgan fingerprint density at radius 2 is 1.97 bits per heavy atom. The summed E-state index contributed by atoms with van der Waals surface area (Å²) in [6.07, 6.45) is 7.46. The van der Waals surface area contributed by atoms with E-state index < -0.39 is 11.7 Å². The average Bonchev–Trinajstić information content (AvgIpc) is 2.91. The molecule has 168 valence electrons. The number of likely N-dealkylation sites (tertiary alicyclic amines) is 1. The Balaban J connectivity index is 1.40. The van der Waals surface area contributed by atoms with Crippen molar-refractivity contribution in [3.63, 3.8) is 0 Å². The number of rotatable bonds is 4. The van der Waals surface area contributed by atoms with E-state index in [-0.39, 0.29) is 24.1 Å². The lowest BCUT2D eigenvalue weighted by Gasteiger charge is -2.40. The van der Waals surface area contributed by atoms with Crippen LogP contribution in [0.1, 0.15) is 74.2 Å². The Kier molecular flexibility index (Phi) is 6.21. The van der Waals surface area contributed by atoms with Gasteiger partial charge in [0, 0.05) is 31.6 Å². The second-order valence-corrected chi connectivity index (χ2v) is 9.47. The number of aryl methyl sites for hydroxylation is 1. The molecule has 3 N–H and O–H groups in total. The molecule has 1 aromatic carbocycles. The van der Waals surface area contributed by atoms with Gasteiger partial charge in [0.15, 0.2) is 0 Å². The van der Waals surface area contributed by atoms with Crippen molar-refractivity contribution in [1.29, 1.82) is 0 Å². The third-order valence-electron chi connectivity index (χ3n) is 7.15. The Morgan fingerprint density at radius 3 is 2.74 bits per heavy atom. The number of amides is 3. The first-order chi connectivity index (χ1) is 14.9. The predicted octanol–water partition coefficient (Wildman–Crippen LogP) is 2.94. The summed E-state index contributed by atoms with van der Waals surface area (Å²) in [7, 11) is 0. The zero-order valence-corrected chi connectivity index (χ0v) is 18.6. The number of carbonyl (C=O) groups is 3. The van der Waals surface area contributed by atoms with Gasteiger partial charge in [-0.05, 0) is 56.7 Å². The molecule has 1 aliphatic carbocycles. The van der Waals surface area contributed by atoms with Crippen LogP contribution in [0.5, 0.6) is 0 Å². The lowest BCUT2D eigenvalue weighted by Crippen LogP contribution is -2.58. The molecule has 3 aliphatic rings. The number of hydrogen-bond donors (Lipinski definition) is 3. The predicted molar refractivity (Wildman–Crippen MR) is 120 cm³/mol. The van der Waals surface area contributed by atoms with Crippen LogP contribution in [0.25, 0.3) is 0 Å². The van der Waals surface area contributed by atoms with E-state index in [1.54, 1.807) is 11.8 Å². The first-order valence-corrected chi connectivity index (χ1v) is 11.7. The summed E-state index contributed by atoms with van der Waals surface area (Å²) in [5.74, 6) is 0.311. The SMILES string of the molecule is Cc1ccc2c(c1)N[C@@]1(CCC(=O)N([C@@H](C)C(=O)NCC3CCCCC3)CC1)NC2=O. The fraction of sp³-hybridized carbons (Fsp3) is 0.625. The third-order valence-corrected chi connectivity index (χ3v) is 7.15. The Labute approximate surface area is 184 Å². The Bertz CT molecular complexity index is 864. The summed E-state index contributed by atoms with van der Waals surface area (Å²) in [4.78, 5) is 40.0. The zero-order valence-electron chi connectivity index (χ0n) is 18.6. The molecule has 31 heavy (non-hydrogen) atoms. The smallest absolute Gasteiger partial charge is 0.255 e. The van der Waals surface area contributed by atoms with Crippen LogP contribution >= 0.6 is 0 Å². The second-order valence-electron chi connectivity index (χ2n) is 9.47. The fourth-order valence-electron chi connectivity index (χ4n) is 5.14. The van der Waals surface area contributed by atoms with Crippen LogP contribution in [0, 0.1) is 12.8 Å². The standard InChI is InChI=1S/C24H34N4O3/c1-16-8-9-19-20(14-16)26-24(27-23(19)31)11-10-21(29)28(13-12-24)17(2)22(30)25-15-18-6-4-3-5-7-18/h8-9,14,17-18,26H,3-7,10-13,15H2,1-2H3,(H,25,30)(H,27,31)/t17-,24-/m0/s1. The highest BCUT2D eigenvalue weighted by atomic mass is 16.2. The molecule has 0 aromatic heterocycles. The number of carbonyl (C=O) groups excluding carboxylic acids is 3. The molecule has 1 aromatic rings. The van der Waals surface area contributed by atoms with Crippen molar-refractivity contribution in [1.82, 2.24) is 15.5 Å². The first-order valence-electron chi connectivity index (χ1n) is 11.7. The van der Waals surface area contributed by atoms with Crippen LogP contribution in [0.15, 0.2) is 18.2 Å². The van der Waals surface area contributed by atoms with Crippen molar-refractivity contribution in [3.8, 4) is 0 Å². The molecule has 4 rings (SSSR count). The van der Waals surface area contributed by atoms with Crippen molar-refractivity contribution in [3.05, 3.63) is 29.3 Å². The van der Waals surface area contributed by atoms with E-state index in [9.17, 15) is 14.4 Å². The highest BCUT2D eigenvalue weighted by Gasteiger charge is 2.41. The maximum absolute atomic E-state index is 12.9. The zero-order chi connectivity index (χ0) is 22.0. The fourth-order valence-corrected chi connectivity index (χ4v) is 5.14. The Morgan fingerprint density at radius 1 is 1.19 bits per heavy atom. The number of benzene rings is 1. The minimum atomic E-state index is -0.666. The van der Waals surface area contributed by atoms with Gasteiger partial charge in [-0.25, -0.2) is 0 Å². The van der Waals surface area contributed by atoms with Gasteiger partial charge in [-0.1, -0.05) is 25.3 Å². The summed E-state index contributed by atoms with van der Waals surface area (Å²) in [6.45, 7) is 4.92. The van der Waals surface area contributed by atoms with Gasteiger partial charge in [-0.15, -0.1) is 0 Å². The molecule has 2 heterocycles. The van der Waals surface area contributed by atoms with E-state index in [0.29, 0.717) is 37.4 Å². The van der Waals surface area contributed by atoms with E-state index in [2.05, 4.69) is 16.0 Å². The molecule has 2 fully saturated rings. The molecule has 1 saturated carbocycles. The van der Waals surface area contributed by atoms with Crippen molar-refractivity contribution in [2.24, 2.45) is 5.92 Å². The van der Waals surface area contributed by atoms with Gasteiger partial charge in [-0.2, -0.15) is 0 Å². The van der Waals surface area contributed by atoms with E-state index >= 15 is 0 Å². The van der Waals surface area contributed by atoms with E-state index in [1.165, 1.54) is 32.1 Å². The quantitative estimate of drug-likeness (QED) is 0.690. The summed E-state index contributed by atoms with van der Waals surface area (Å²) >= 11 is 0. The van der Waals surface area contributed by atoms with Crippen molar-refractivity contribution < 1.29 is 14.4 Å². The maximum Gasteiger partial charge on any atom is 0.255 e. The second kappa shape index (κ2) is 8.89. The lowest BCUT2D eigenvalue weighted by molar-refractivity contribution is -0.139. The average molecular weight is 427 g/mol. The summed E-state index contributed by atoms with van der Waals surface area (Å²) in [6, 6.07) is 5.21. The number of nitrogens with one attached hydrogen (secondary N) is 3. The van der Waals surface area contributed by atoms with Crippen molar-refractivity contribution in [2.75, 3.05) is 18.4 Å². The molecular weight excluding hydrogens is 392 g/mol. The van der Waals surface area contributed by atoms with Gasteiger partial charge >= 0.3 is 0 Å². The molecule has 2 aliphatic heterocycles. The number of anilines is 1. The van der Waals surface area contributed by atoms with Crippen LogP contribution in [-0.4, -0.2) is 47.4 Å². The number of hydrogen-bond acceptors (Lipinski definition) is 4. The molecule has 1 saturated heterocycles. The lowest BCUT2D eigenvalue weighted by atomic mass is 9.89. The topological polar surface area (TPSA) is 90.5 Å². The molecule has 0 bridgehead atoms. The number of fused-ring (bicyclic) bond motifs is 1. The van der Waals surface area contributed by atoms with Gasteiger partial charge in [0.1, 0.15) is 11.7 Å². The van der Waals surface area contributed by atoms with Gasteiger partial charge in [0.05, 0.1) is 5.56 Å². The van der Waals surface area contributed by atoms with E-state index in [4.69, 9.17) is 0 Å². The third kappa shape index (κ3) is 4.70. The first kappa shape index (κ1) is 21.7. The van der Waals surface area contributed by atoms with Crippen molar-refractivity contribution >= 4 is 23.4 Å². The molecule has 1 spiro atoms. The molecule has 2 atom stereocenters. The van der Waals surface area contributed by atoms with Crippen LogP contribution in [0.2, 0.25) is 0 Å². The summed E-state index contributed by atoms with van der Waals surface area (Å²) in [5, 5.41) is 9.65. The van der Waals surface area contributed by atoms with Crippen LogP contribution in [0.4, 0.5) is 5.69 Å². The van der Waals surface area contributed by atoms with Gasteiger partial charge in [0.2, 0.25) is 11.8 Å². The van der Waals surface area contributed by atoms with Crippen LogP contribution < -0.4 is 16.0 Å². The van der Waals surface area contributed by atoms with Crippen LogP contribution in [-0.2, 0) is 9.59 Å². The minimum Gasteiger partial charge on any atom is -0.362 e. The normalized spacial score (nSPS) is 25.3. The molecule has 0 radical (unpaired) electrons. The van der Waals surface area contributed by atoms with Gasteiger partial charge in [-0.3, -0.25) is 14.4 Å². The maximum atomic E-state index is 12.9. The van der Waals surface area contributed by atoms with E-state index in [1.807, 2.05) is 25.1 Å². The molecular formula is C24H34N4O3. The summed E-state index contributed by atoms with van der Waals surface area (Å²) in [5.41, 5.74) is 1.84. The molecule has 0 unspecified atom stereocenters. The minimum absolute atomic E-state index is 0.0386. The number of nitrogens with zero attached hydrogens (tertiary/aromatic N) is 1. The molecule has 3 amide bonds. The highest BCUT2D eigenvalue weighted by molar-refractivity contribution is 6.02. The van der Waals surface area contributed by atoms with Gasteiger partial charge in [0.25, 0.3) is 5.91 Å². The largest absolute Gasteiger partial charge is 0.362 e. The summed E-state index contributed by atoms with van der Waals surface area (Å²) < 4.78 is 0. The molecule has 7 heteroatoms. The highest BCUT2D eigenvalue weighted by Crippen LogP contribution is 2.32.